The third kappa shape index (κ3) is 5.43. The summed E-state index contributed by atoms with van der Waals surface area (Å²) in [5, 5.41) is 8.70. The lowest BCUT2D eigenvalue weighted by Crippen LogP contribution is -2.54. The molecule has 21 heavy (non-hydrogen) atoms. The average Bonchev–Trinajstić information content (AvgIpc) is 2.24. The highest BCUT2D eigenvalue weighted by atomic mass is 19.4. The molecule has 0 radical (unpaired) electrons. The zero-order valence-corrected chi connectivity index (χ0v) is 12.2. The van der Waals surface area contributed by atoms with E-state index in [2.05, 4.69) is 0 Å². The molecule has 0 bridgehead atoms. The van der Waals surface area contributed by atoms with Gasteiger partial charge in [-0.15, -0.1) is 0 Å². The van der Waals surface area contributed by atoms with Gasteiger partial charge in [0.1, 0.15) is 11.6 Å². The number of amides is 1. The van der Waals surface area contributed by atoms with Crippen LogP contribution in [0.5, 0.6) is 0 Å². The van der Waals surface area contributed by atoms with E-state index in [0.29, 0.717) is 4.90 Å². The van der Waals surface area contributed by atoms with Crippen LogP contribution >= 0.6 is 0 Å². The van der Waals surface area contributed by atoms with Gasteiger partial charge in [0.2, 0.25) is 0 Å². The van der Waals surface area contributed by atoms with Crippen molar-refractivity contribution in [1.82, 2.24) is 4.90 Å². The number of rotatable bonds is 2. The Morgan fingerprint density at radius 1 is 1.29 bits per heavy atom. The standard InChI is InChI=1S/C13H20F3NO4/c1-12(2,3)21-11(20)17-5-4-8(7-10(18)19)6-9(17)13(14,15)16/h8-9H,4-7H2,1-3H3,(H,18,19). The summed E-state index contributed by atoms with van der Waals surface area (Å²) < 4.78 is 44.3. The molecule has 1 saturated heterocycles. The lowest BCUT2D eigenvalue weighted by Gasteiger charge is -2.40. The van der Waals surface area contributed by atoms with E-state index in [1.165, 1.54) is 0 Å². The first-order chi connectivity index (χ1) is 9.40. The van der Waals surface area contributed by atoms with Crippen molar-refractivity contribution in [3.63, 3.8) is 0 Å². The van der Waals surface area contributed by atoms with Crippen LogP contribution in [0.15, 0.2) is 0 Å². The van der Waals surface area contributed by atoms with Gasteiger partial charge in [0.25, 0.3) is 0 Å². The molecule has 0 aromatic heterocycles. The summed E-state index contributed by atoms with van der Waals surface area (Å²) in [6, 6.07) is -1.99. The quantitative estimate of drug-likeness (QED) is 0.851. The predicted octanol–water partition coefficient (Wildman–Crippen LogP) is 3.04. The first-order valence-corrected chi connectivity index (χ1v) is 6.68. The smallest absolute Gasteiger partial charge is 0.410 e. The minimum absolute atomic E-state index is 0.156. The Morgan fingerprint density at radius 3 is 2.29 bits per heavy atom. The third-order valence-corrected chi connectivity index (χ3v) is 3.18. The fourth-order valence-corrected chi connectivity index (χ4v) is 2.32. The minimum atomic E-state index is -4.60. The Hall–Kier alpha value is -1.47. The monoisotopic (exact) mass is 311 g/mol. The number of nitrogens with zero attached hydrogens (tertiary/aromatic N) is 1. The van der Waals surface area contributed by atoms with Gasteiger partial charge in [0, 0.05) is 13.0 Å². The number of halogens is 3. The molecule has 0 spiro atoms. The number of carboxylic acid groups (broad SMARTS) is 1. The van der Waals surface area contributed by atoms with Crippen molar-refractivity contribution in [2.45, 2.75) is 57.9 Å². The fourth-order valence-electron chi connectivity index (χ4n) is 2.32. The number of alkyl halides is 3. The molecular formula is C13H20F3NO4. The maximum absolute atomic E-state index is 13.1. The predicted molar refractivity (Wildman–Crippen MR) is 67.8 cm³/mol. The van der Waals surface area contributed by atoms with E-state index in [1.807, 2.05) is 0 Å². The van der Waals surface area contributed by atoms with Gasteiger partial charge in [-0.05, 0) is 39.5 Å². The highest BCUT2D eigenvalue weighted by Gasteiger charge is 2.49. The summed E-state index contributed by atoms with van der Waals surface area (Å²) in [5.41, 5.74) is -0.884. The van der Waals surface area contributed by atoms with Crippen molar-refractivity contribution in [1.29, 1.82) is 0 Å². The van der Waals surface area contributed by atoms with Crippen molar-refractivity contribution in [2.75, 3.05) is 6.54 Å². The summed E-state index contributed by atoms with van der Waals surface area (Å²) in [6.45, 7) is 4.57. The summed E-state index contributed by atoms with van der Waals surface area (Å²) in [7, 11) is 0. The molecule has 1 rings (SSSR count). The second-order valence-corrected chi connectivity index (χ2v) is 6.22. The maximum atomic E-state index is 13.1. The summed E-state index contributed by atoms with van der Waals surface area (Å²) >= 11 is 0. The van der Waals surface area contributed by atoms with Gasteiger partial charge in [-0.3, -0.25) is 9.69 Å². The van der Waals surface area contributed by atoms with Crippen LogP contribution in [-0.4, -0.2) is 46.4 Å². The SMILES string of the molecule is CC(C)(C)OC(=O)N1CCC(CC(=O)O)CC1C(F)(F)F. The number of carbonyl (C=O) groups is 2. The van der Waals surface area contributed by atoms with E-state index in [1.54, 1.807) is 20.8 Å². The van der Waals surface area contributed by atoms with Crippen molar-refractivity contribution in [2.24, 2.45) is 5.92 Å². The van der Waals surface area contributed by atoms with Crippen molar-refractivity contribution in [3.8, 4) is 0 Å². The van der Waals surface area contributed by atoms with Gasteiger partial charge in [0.05, 0.1) is 0 Å². The Labute approximate surface area is 121 Å². The van der Waals surface area contributed by atoms with Crippen LogP contribution in [0.25, 0.3) is 0 Å². The average molecular weight is 311 g/mol. The largest absolute Gasteiger partial charge is 0.481 e. The molecule has 2 atom stereocenters. The van der Waals surface area contributed by atoms with Crippen molar-refractivity contribution in [3.05, 3.63) is 0 Å². The van der Waals surface area contributed by atoms with Crippen molar-refractivity contribution >= 4 is 12.1 Å². The molecule has 8 heteroatoms. The molecule has 0 aliphatic carbocycles. The fraction of sp³-hybridized carbons (Fsp3) is 0.846. The van der Waals surface area contributed by atoms with Gasteiger partial charge in [-0.25, -0.2) is 4.79 Å². The highest BCUT2D eigenvalue weighted by molar-refractivity contribution is 5.69. The zero-order chi connectivity index (χ0) is 16.4. The zero-order valence-electron chi connectivity index (χ0n) is 12.2. The molecule has 122 valence electrons. The van der Waals surface area contributed by atoms with Crippen molar-refractivity contribution < 1.29 is 32.6 Å². The molecule has 0 aromatic rings. The number of hydrogen-bond donors (Lipinski definition) is 1. The van der Waals surface area contributed by atoms with Crippen LogP contribution in [0.3, 0.4) is 0 Å². The first kappa shape index (κ1) is 17.6. The van der Waals surface area contributed by atoms with Crippen LogP contribution in [0, 0.1) is 5.92 Å². The molecule has 0 saturated carbocycles. The molecule has 1 amide bonds. The number of aliphatic carboxylic acids is 1. The van der Waals surface area contributed by atoms with E-state index < -0.39 is 42.2 Å². The Bertz CT molecular complexity index is 403. The molecule has 5 nitrogen and oxygen atoms in total. The lowest BCUT2D eigenvalue weighted by molar-refractivity contribution is -0.192. The highest BCUT2D eigenvalue weighted by Crippen LogP contribution is 2.36. The van der Waals surface area contributed by atoms with Gasteiger partial charge in [-0.2, -0.15) is 13.2 Å². The van der Waals surface area contributed by atoms with E-state index in [-0.39, 0.29) is 19.4 Å². The molecule has 2 unspecified atom stereocenters. The second-order valence-electron chi connectivity index (χ2n) is 6.22. The lowest BCUT2D eigenvalue weighted by atomic mass is 9.88. The Balaban J connectivity index is 2.84. The molecule has 1 heterocycles. The topological polar surface area (TPSA) is 66.8 Å². The molecule has 1 aliphatic rings. The second kappa shape index (κ2) is 6.11. The summed E-state index contributed by atoms with van der Waals surface area (Å²) in [6.07, 6.45) is -6.13. The summed E-state index contributed by atoms with van der Waals surface area (Å²) in [5.74, 6) is -1.72. The molecule has 1 N–H and O–H groups in total. The Morgan fingerprint density at radius 2 is 1.86 bits per heavy atom. The first-order valence-electron chi connectivity index (χ1n) is 6.68. The van der Waals surface area contributed by atoms with Gasteiger partial charge in [-0.1, -0.05) is 0 Å². The van der Waals surface area contributed by atoms with E-state index in [4.69, 9.17) is 9.84 Å². The molecular weight excluding hydrogens is 291 g/mol. The number of hydrogen-bond acceptors (Lipinski definition) is 3. The van der Waals surface area contributed by atoms with Crippen LogP contribution in [0.2, 0.25) is 0 Å². The third-order valence-electron chi connectivity index (χ3n) is 3.18. The molecule has 1 fully saturated rings. The van der Waals surface area contributed by atoms with Gasteiger partial charge < -0.3 is 9.84 Å². The van der Waals surface area contributed by atoms with E-state index in [0.717, 1.165) is 0 Å². The Kier molecular flexibility index (Phi) is 5.11. The van der Waals surface area contributed by atoms with Gasteiger partial charge in [0.15, 0.2) is 0 Å². The molecule has 1 aliphatic heterocycles. The van der Waals surface area contributed by atoms with Crippen LogP contribution in [0.4, 0.5) is 18.0 Å². The number of likely N-dealkylation sites (tertiary alicyclic amines) is 1. The normalized spacial score (nSPS) is 23.8. The number of piperidine rings is 1. The van der Waals surface area contributed by atoms with Crippen LogP contribution in [-0.2, 0) is 9.53 Å². The van der Waals surface area contributed by atoms with Crippen LogP contribution in [0.1, 0.15) is 40.0 Å². The summed E-state index contributed by atoms with van der Waals surface area (Å²) in [4.78, 5) is 23.2. The number of ether oxygens (including phenoxy) is 1. The van der Waals surface area contributed by atoms with E-state index in [9.17, 15) is 22.8 Å². The van der Waals surface area contributed by atoms with Gasteiger partial charge >= 0.3 is 18.2 Å². The maximum Gasteiger partial charge on any atom is 0.410 e. The number of carbonyl (C=O) groups excluding carboxylic acids is 1. The minimum Gasteiger partial charge on any atom is -0.481 e. The molecule has 0 aromatic carbocycles. The van der Waals surface area contributed by atoms with Crippen LogP contribution < -0.4 is 0 Å². The van der Waals surface area contributed by atoms with E-state index >= 15 is 0 Å². The number of carboxylic acids is 1.